The number of hydrogen-bond acceptors (Lipinski definition) is 2. The van der Waals surface area contributed by atoms with E-state index < -0.39 is 0 Å². The minimum absolute atomic E-state index is 0.359. The molecule has 2 nitrogen and oxygen atoms in total. The van der Waals surface area contributed by atoms with Crippen LogP contribution in [0.3, 0.4) is 0 Å². The van der Waals surface area contributed by atoms with Gasteiger partial charge in [0, 0.05) is 6.04 Å². The van der Waals surface area contributed by atoms with Crippen LogP contribution in [0.5, 0.6) is 5.75 Å². The topological polar surface area (TPSA) is 35.2 Å². The van der Waals surface area contributed by atoms with Gasteiger partial charge in [-0.1, -0.05) is 30.5 Å². The van der Waals surface area contributed by atoms with Crippen molar-refractivity contribution >= 4 is 0 Å². The molecular formula is C16H25NO. The lowest BCUT2D eigenvalue weighted by Gasteiger charge is -2.19. The zero-order valence-electron chi connectivity index (χ0n) is 11.6. The average Bonchev–Trinajstić information content (AvgIpc) is 2.90. The minimum Gasteiger partial charge on any atom is -0.496 e. The summed E-state index contributed by atoms with van der Waals surface area (Å²) in [6.45, 7) is 2.12. The lowest BCUT2D eigenvalue weighted by Crippen LogP contribution is -2.28. The number of aryl methyl sites for hydroxylation is 2. The first kappa shape index (κ1) is 13.4. The first-order chi connectivity index (χ1) is 8.70. The molecule has 0 heterocycles. The largest absolute Gasteiger partial charge is 0.496 e. The van der Waals surface area contributed by atoms with Gasteiger partial charge in [-0.25, -0.2) is 0 Å². The molecular weight excluding hydrogens is 222 g/mol. The third-order valence-corrected chi connectivity index (χ3v) is 4.19. The third kappa shape index (κ3) is 3.26. The monoisotopic (exact) mass is 247 g/mol. The fraction of sp³-hybridized carbons (Fsp3) is 0.625. The predicted molar refractivity (Wildman–Crippen MR) is 76.0 cm³/mol. The van der Waals surface area contributed by atoms with Gasteiger partial charge < -0.3 is 10.5 Å². The Kier molecular flexibility index (Phi) is 4.65. The molecule has 0 radical (unpaired) electrons. The van der Waals surface area contributed by atoms with Gasteiger partial charge in [0.25, 0.3) is 0 Å². The van der Waals surface area contributed by atoms with Crippen LogP contribution in [0.4, 0.5) is 0 Å². The summed E-state index contributed by atoms with van der Waals surface area (Å²) < 4.78 is 5.42. The van der Waals surface area contributed by atoms with Crippen LogP contribution in [0.1, 0.15) is 43.2 Å². The Hall–Kier alpha value is -1.02. The minimum atomic E-state index is 0.359. The lowest BCUT2D eigenvalue weighted by molar-refractivity contribution is 0.394. The fourth-order valence-corrected chi connectivity index (χ4v) is 3.05. The number of benzene rings is 1. The molecule has 1 fully saturated rings. The molecule has 1 aliphatic rings. The Morgan fingerprint density at radius 1 is 1.33 bits per heavy atom. The van der Waals surface area contributed by atoms with Crippen molar-refractivity contribution in [2.75, 3.05) is 7.11 Å². The summed E-state index contributed by atoms with van der Waals surface area (Å²) in [5, 5.41) is 0. The molecule has 1 aliphatic carbocycles. The Bertz CT molecular complexity index is 383. The Labute approximate surface area is 111 Å². The molecule has 1 unspecified atom stereocenters. The zero-order valence-corrected chi connectivity index (χ0v) is 11.6. The van der Waals surface area contributed by atoms with E-state index in [2.05, 4.69) is 25.1 Å². The van der Waals surface area contributed by atoms with E-state index in [1.807, 2.05) is 0 Å². The highest BCUT2D eigenvalue weighted by molar-refractivity contribution is 5.36. The van der Waals surface area contributed by atoms with Gasteiger partial charge in [-0.15, -0.1) is 0 Å². The molecule has 0 aromatic heterocycles. The molecule has 100 valence electrons. The second-order valence-electron chi connectivity index (χ2n) is 5.56. The molecule has 0 amide bonds. The van der Waals surface area contributed by atoms with E-state index in [9.17, 15) is 0 Å². The average molecular weight is 247 g/mol. The van der Waals surface area contributed by atoms with E-state index in [-0.39, 0.29) is 0 Å². The zero-order chi connectivity index (χ0) is 13.0. The maximum absolute atomic E-state index is 6.32. The molecule has 2 N–H and O–H groups in total. The van der Waals surface area contributed by atoms with E-state index in [1.165, 1.54) is 36.8 Å². The smallest absolute Gasteiger partial charge is 0.122 e. The molecule has 1 aromatic carbocycles. The maximum atomic E-state index is 6.32. The van der Waals surface area contributed by atoms with Gasteiger partial charge in [-0.3, -0.25) is 0 Å². The van der Waals surface area contributed by atoms with Crippen LogP contribution in [0.2, 0.25) is 0 Å². The van der Waals surface area contributed by atoms with Crippen molar-refractivity contribution in [3.63, 3.8) is 0 Å². The molecule has 1 atom stereocenters. The number of hydrogen-bond donors (Lipinski definition) is 1. The van der Waals surface area contributed by atoms with Crippen LogP contribution in [0.15, 0.2) is 18.2 Å². The molecule has 1 aromatic rings. The standard InChI is InChI=1S/C16H25NO/c1-12-7-10-16(18-2)14(11-12)8-9-15(17)13-5-3-4-6-13/h7,10-11,13,15H,3-6,8-9,17H2,1-2H3. The molecule has 0 aliphatic heterocycles. The lowest BCUT2D eigenvalue weighted by atomic mass is 9.93. The van der Waals surface area contributed by atoms with Gasteiger partial charge in [0.1, 0.15) is 5.75 Å². The molecule has 18 heavy (non-hydrogen) atoms. The van der Waals surface area contributed by atoms with Gasteiger partial charge in [-0.2, -0.15) is 0 Å². The van der Waals surface area contributed by atoms with Crippen LogP contribution < -0.4 is 10.5 Å². The maximum Gasteiger partial charge on any atom is 0.122 e. The normalized spacial score (nSPS) is 17.9. The number of ether oxygens (including phenoxy) is 1. The van der Waals surface area contributed by atoms with Crippen molar-refractivity contribution in [2.24, 2.45) is 11.7 Å². The van der Waals surface area contributed by atoms with Crippen LogP contribution >= 0.6 is 0 Å². The SMILES string of the molecule is COc1ccc(C)cc1CCC(N)C1CCCC1. The molecule has 0 bridgehead atoms. The number of nitrogens with two attached hydrogens (primary N) is 1. The van der Waals surface area contributed by atoms with Gasteiger partial charge in [0.2, 0.25) is 0 Å². The van der Waals surface area contributed by atoms with E-state index >= 15 is 0 Å². The van der Waals surface area contributed by atoms with Gasteiger partial charge in [0.15, 0.2) is 0 Å². The van der Waals surface area contributed by atoms with E-state index in [0.717, 1.165) is 24.5 Å². The van der Waals surface area contributed by atoms with Crippen molar-refractivity contribution in [2.45, 2.75) is 51.5 Å². The van der Waals surface area contributed by atoms with Crippen molar-refractivity contribution in [1.82, 2.24) is 0 Å². The van der Waals surface area contributed by atoms with Crippen molar-refractivity contribution in [3.05, 3.63) is 29.3 Å². The Morgan fingerprint density at radius 3 is 2.72 bits per heavy atom. The Morgan fingerprint density at radius 2 is 2.06 bits per heavy atom. The summed E-state index contributed by atoms with van der Waals surface area (Å²) in [5.41, 5.74) is 8.90. The van der Waals surface area contributed by atoms with E-state index in [4.69, 9.17) is 10.5 Å². The molecule has 2 heteroatoms. The third-order valence-electron chi connectivity index (χ3n) is 4.19. The van der Waals surface area contributed by atoms with E-state index in [0.29, 0.717) is 6.04 Å². The van der Waals surface area contributed by atoms with E-state index in [1.54, 1.807) is 7.11 Å². The summed E-state index contributed by atoms with van der Waals surface area (Å²) in [4.78, 5) is 0. The highest BCUT2D eigenvalue weighted by atomic mass is 16.5. The molecule has 2 rings (SSSR count). The molecule has 1 saturated carbocycles. The van der Waals surface area contributed by atoms with Crippen LogP contribution in [-0.4, -0.2) is 13.2 Å². The van der Waals surface area contributed by atoms with Crippen molar-refractivity contribution in [3.8, 4) is 5.75 Å². The van der Waals surface area contributed by atoms with Crippen molar-refractivity contribution in [1.29, 1.82) is 0 Å². The second kappa shape index (κ2) is 6.24. The van der Waals surface area contributed by atoms with Gasteiger partial charge in [-0.05, 0) is 50.2 Å². The number of methoxy groups -OCH3 is 1. The summed E-state index contributed by atoms with van der Waals surface area (Å²) >= 11 is 0. The quantitative estimate of drug-likeness (QED) is 0.865. The van der Waals surface area contributed by atoms with Gasteiger partial charge in [0.05, 0.1) is 7.11 Å². The Balaban J connectivity index is 1.94. The van der Waals surface area contributed by atoms with Crippen LogP contribution in [0.25, 0.3) is 0 Å². The molecule has 0 spiro atoms. The number of rotatable bonds is 5. The highest BCUT2D eigenvalue weighted by Gasteiger charge is 2.21. The first-order valence-electron chi connectivity index (χ1n) is 7.10. The summed E-state index contributed by atoms with van der Waals surface area (Å²) in [6, 6.07) is 6.74. The van der Waals surface area contributed by atoms with Crippen LogP contribution in [-0.2, 0) is 6.42 Å². The predicted octanol–water partition coefficient (Wildman–Crippen LogP) is 3.45. The van der Waals surface area contributed by atoms with Gasteiger partial charge >= 0.3 is 0 Å². The highest BCUT2D eigenvalue weighted by Crippen LogP contribution is 2.29. The molecule has 0 saturated heterocycles. The summed E-state index contributed by atoms with van der Waals surface area (Å²) in [6.07, 6.45) is 7.49. The van der Waals surface area contributed by atoms with Crippen molar-refractivity contribution < 1.29 is 4.74 Å². The summed E-state index contributed by atoms with van der Waals surface area (Å²) in [5.74, 6) is 1.75. The van der Waals surface area contributed by atoms with Crippen LogP contribution in [0, 0.1) is 12.8 Å². The summed E-state index contributed by atoms with van der Waals surface area (Å²) in [7, 11) is 1.74. The fourth-order valence-electron chi connectivity index (χ4n) is 3.05. The second-order valence-corrected chi connectivity index (χ2v) is 5.56. The first-order valence-corrected chi connectivity index (χ1v) is 7.10.